The van der Waals surface area contributed by atoms with Gasteiger partial charge in [-0.15, -0.1) is 0 Å². The number of carbonyl (C=O) groups excluding carboxylic acids is 1. The summed E-state index contributed by atoms with van der Waals surface area (Å²) in [5.74, 6) is -0.0706. The molecule has 2 aromatic heterocycles. The van der Waals surface area contributed by atoms with E-state index in [9.17, 15) is 13.2 Å². The highest BCUT2D eigenvalue weighted by Crippen LogP contribution is 2.25. The molecule has 0 unspecified atom stereocenters. The number of carbonyl (C=O) groups is 1. The number of aryl methyl sites for hydroxylation is 2. The number of thiazole rings is 1. The van der Waals surface area contributed by atoms with Gasteiger partial charge in [0.15, 0.2) is 10.2 Å². The minimum atomic E-state index is -3.80. The molecule has 0 saturated heterocycles. The van der Waals surface area contributed by atoms with E-state index in [4.69, 9.17) is 0 Å². The Kier molecular flexibility index (Phi) is 3.77. The third kappa shape index (κ3) is 2.80. The Balaban J connectivity index is 2.28. The van der Waals surface area contributed by atoms with Gasteiger partial charge in [-0.3, -0.25) is 4.72 Å². The standard InChI is InChI=1S/C10H12N4O4S2/c1-5-8(9(15)18-3)19-10(12-5)14-20(16,17)7-4-11-6(2)13-7/h4H,1-3H3,(H,11,13)(H,12,14). The summed E-state index contributed by atoms with van der Waals surface area (Å²) in [6.45, 7) is 3.24. The summed E-state index contributed by atoms with van der Waals surface area (Å²) in [5, 5.41) is 0.0256. The van der Waals surface area contributed by atoms with E-state index in [2.05, 4.69) is 24.4 Å². The monoisotopic (exact) mass is 316 g/mol. The lowest BCUT2D eigenvalue weighted by molar-refractivity contribution is 0.0605. The molecule has 0 radical (unpaired) electrons. The zero-order chi connectivity index (χ0) is 14.9. The predicted molar refractivity (Wildman–Crippen MR) is 72.3 cm³/mol. The SMILES string of the molecule is COC(=O)c1sc(NS(=O)(=O)c2cnc(C)[nH]2)nc1C. The van der Waals surface area contributed by atoms with Gasteiger partial charge in [0, 0.05) is 0 Å². The van der Waals surface area contributed by atoms with Crippen molar-refractivity contribution in [1.29, 1.82) is 0 Å². The fourth-order valence-electron chi connectivity index (χ4n) is 1.43. The van der Waals surface area contributed by atoms with Crippen molar-refractivity contribution in [3.8, 4) is 0 Å². The van der Waals surface area contributed by atoms with Crippen LogP contribution in [0.3, 0.4) is 0 Å². The molecule has 2 N–H and O–H groups in total. The lowest BCUT2D eigenvalue weighted by Gasteiger charge is -2.01. The number of rotatable bonds is 4. The summed E-state index contributed by atoms with van der Waals surface area (Å²) < 4.78 is 31.0. The van der Waals surface area contributed by atoms with Gasteiger partial charge in [-0.2, -0.15) is 8.42 Å². The minimum absolute atomic E-state index is 0.0672. The first kappa shape index (κ1) is 14.5. The first-order valence-electron chi connectivity index (χ1n) is 5.43. The first-order valence-corrected chi connectivity index (χ1v) is 7.73. The largest absolute Gasteiger partial charge is 0.465 e. The summed E-state index contributed by atoms with van der Waals surface area (Å²) in [7, 11) is -2.55. The van der Waals surface area contributed by atoms with Crippen LogP contribution in [0.5, 0.6) is 0 Å². The van der Waals surface area contributed by atoms with Crippen molar-refractivity contribution >= 4 is 32.5 Å². The second-order valence-electron chi connectivity index (χ2n) is 3.86. The molecule has 0 saturated carbocycles. The van der Waals surface area contributed by atoms with Gasteiger partial charge in [0.2, 0.25) is 0 Å². The van der Waals surface area contributed by atoms with Crippen LogP contribution in [0.15, 0.2) is 11.2 Å². The van der Waals surface area contributed by atoms with Gasteiger partial charge in [0.05, 0.1) is 19.0 Å². The molecule has 0 aliphatic heterocycles. The van der Waals surface area contributed by atoms with Crippen LogP contribution in [0.1, 0.15) is 21.2 Å². The maximum atomic E-state index is 12.0. The number of nitrogens with zero attached hydrogens (tertiary/aromatic N) is 2. The van der Waals surface area contributed by atoms with E-state index in [1.165, 1.54) is 13.3 Å². The number of esters is 1. The normalized spacial score (nSPS) is 11.3. The number of H-pyrrole nitrogens is 1. The highest BCUT2D eigenvalue weighted by Gasteiger charge is 2.21. The van der Waals surface area contributed by atoms with Crippen LogP contribution in [0, 0.1) is 13.8 Å². The topological polar surface area (TPSA) is 114 Å². The number of aromatic nitrogens is 3. The van der Waals surface area contributed by atoms with Crippen LogP contribution in [-0.2, 0) is 14.8 Å². The lowest BCUT2D eigenvalue weighted by atomic mass is 10.4. The number of sulfonamides is 1. The van der Waals surface area contributed by atoms with Gasteiger partial charge in [-0.25, -0.2) is 14.8 Å². The Bertz CT molecular complexity index is 747. The number of ether oxygens (including phenoxy) is 1. The fourth-order valence-corrected chi connectivity index (χ4v) is 3.52. The molecule has 2 heterocycles. The summed E-state index contributed by atoms with van der Waals surface area (Å²) in [6, 6.07) is 0. The molecule has 0 bridgehead atoms. The lowest BCUT2D eigenvalue weighted by Crippen LogP contribution is -2.13. The number of methoxy groups -OCH3 is 1. The Morgan fingerprint density at radius 1 is 1.45 bits per heavy atom. The molecule has 0 aliphatic rings. The van der Waals surface area contributed by atoms with Crippen LogP contribution in [-0.4, -0.2) is 36.4 Å². The molecule has 8 nitrogen and oxygen atoms in total. The van der Waals surface area contributed by atoms with E-state index in [1.807, 2.05) is 0 Å². The van der Waals surface area contributed by atoms with Gasteiger partial charge >= 0.3 is 5.97 Å². The van der Waals surface area contributed by atoms with E-state index in [1.54, 1.807) is 13.8 Å². The zero-order valence-corrected chi connectivity index (χ0v) is 12.6. The molecule has 0 atom stereocenters. The van der Waals surface area contributed by atoms with Crippen LogP contribution in [0.25, 0.3) is 0 Å². The Morgan fingerprint density at radius 3 is 2.70 bits per heavy atom. The quantitative estimate of drug-likeness (QED) is 0.816. The molecule has 20 heavy (non-hydrogen) atoms. The summed E-state index contributed by atoms with van der Waals surface area (Å²) in [5.41, 5.74) is 0.403. The molecule has 10 heteroatoms. The van der Waals surface area contributed by atoms with Crippen molar-refractivity contribution < 1.29 is 17.9 Å². The Morgan fingerprint density at radius 2 is 2.15 bits per heavy atom. The summed E-state index contributed by atoms with van der Waals surface area (Å²) in [4.78, 5) is 22.1. The predicted octanol–water partition coefficient (Wildman–Crippen LogP) is 1.07. The number of aromatic amines is 1. The maximum absolute atomic E-state index is 12.0. The van der Waals surface area contributed by atoms with E-state index in [0.29, 0.717) is 11.5 Å². The van der Waals surface area contributed by atoms with Gasteiger partial charge in [0.1, 0.15) is 10.7 Å². The highest BCUT2D eigenvalue weighted by molar-refractivity contribution is 7.92. The van der Waals surface area contributed by atoms with Crippen molar-refractivity contribution in [2.75, 3.05) is 11.8 Å². The van der Waals surface area contributed by atoms with Crippen molar-refractivity contribution in [3.05, 3.63) is 22.6 Å². The van der Waals surface area contributed by atoms with Crippen LogP contribution in [0.2, 0.25) is 0 Å². The second kappa shape index (κ2) is 5.21. The average Bonchev–Trinajstić information content (AvgIpc) is 2.95. The second-order valence-corrected chi connectivity index (χ2v) is 6.51. The Labute approximate surface area is 119 Å². The number of hydrogen-bond donors (Lipinski definition) is 2. The zero-order valence-electron chi connectivity index (χ0n) is 10.9. The average molecular weight is 316 g/mol. The van der Waals surface area contributed by atoms with Gasteiger partial charge < -0.3 is 9.72 Å². The van der Waals surface area contributed by atoms with Crippen molar-refractivity contribution in [2.45, 2.75) is 18.9 Å². The summed E-state index contributed by atoms with van der Waals surface area (Å²) in [6.07, 6.45) is 1.21. The molecule has 0 fully saturated rings. The molecule has 108 valence electrons. The molecule has 2 rings (SSSR count). The van der Waals surface area contributed by atoms with Crippen molar-refractivity contribution in [2.24, 2.45) is 0 Å². The van der Waals surface area contributed by atoms with Crippen molar-refractivity contribution in [1.82, 2.24) is 15.0 Å². The Hall–Kier alpha value is -1.94. The summed E-state index contributed by atoms with van der Waals surface area (Å²) >= 11 is 0.910. The van der Waals surface area contributed by atoms with Crippen LogP contribution < -0.4 is 4.72 Å². The number of nitrogens with one attached hydrogen (secondary N) is 2. The van der Waals surface area contributed by atoms with E-state index in [-0.39, 0.29) is 15.0 Å². The van der Waals surface area contributed by atoms with Crippen LogP contribution >= 0.6 is 11.3 Å². The van der Waals surface area contributed by atoms with Gasteiger partial charge in [-0.05, 0) is 13.8 Å². The van der Waals surface area contributed by atoms with E-state index >= 15 is 0 Å². The maximum Gasteiger partial charge on any atom is 0.350 e. The molecule has 0 aliphatic carbocycles. The molecule has 2 aromatic rings. The number of hydrogen-bond acceptors (Lipinski definition) is 7. The van der Waals surface area contributed by atoms with E-state index in [0.717, 1.165) is 11.3 Å². The molecular weight excluding hydrogens is 304 g/mol. The van der Waals surface area contributed by atoms with Crippen molar-refractivity contribution in [3.63, 3.8) is 0 Å². The fraction of sp³-hybridized carbons (Fsp3) is 0.300. The molecule has 0 amide bonds. The smallest absolute Gasteiger partial charge is 0.350 e. The number of imidazole rings is 1. The highest BCUT2D eigenvalue weighted by atomic mass is 32.2. The third-order valence-electron chi connectivity index (χ3n) is 2.36. The molecular formula is C10H12N4O4S2. The molecule has 0 spiro atoms. The first-order chi connectivity index (χ1) is 9.33. The van der Waals surface area contributed by atoms with E-state index < -0.39 is 16.0 Å². The minimum Gasteiger partial charge on any atom is -0.465 e. The van der Waals surface area contributed by atoms with Crippen LogP contribution in [0.4, 0.5) is 5.13 Å². The van der Waals surface area contributed by atoms with Gasteiger partial charge in [0.25, 0.3) is 10.0 Å². The van der Waals surface area contributed by atoms with Gasteiger partial charge in [-0.1, -0.05) is 11.3 Å². The molecule has 0 aromatic carbocycles. The number of anilines is 1. The third-order valence-corrected chi connectivity index (χ3v) is 4.79.